The van der Waals surface area contributed by atoms with Crippen molar-refractivity contribution >= 4 is 21.9 Å². The van der Waals surface area contributed by atoms with Gasteiger partial charge in [0.15, 0.2) is 0 Å². The predicted molar refractivity (Wildman–Crippen MR) is 105 cm³/mol. The molecule has 1 amide bonds. The Balaban J connectivity index is 1.50. The molecule has 0 spiro atoms. The second kappa shape index (κ2) is 7.48. The third-order valence-corrected chi connectivity index (χ3v) is 6.58. The summed E-state index contributed by atoms with van der Waals surface area (Å²) in [5.41, 5.74) is 2.00. The van der Waals surface area contributed by atoms with Crippen molar-refractivity contribution in [3.05, 3.63) is 53.9 Å². The Morgan fingerprint density at radius 1 is 1.00 bits per heavy atom. The summed E-state index contributed by atoms with van der Waals surface area (Å²) in [6, 6.07) is 8.79. The molecule has 2 aliphatic rings. The van der Waals surface area contributed by atoms with Crippen molar-refractivity contribution in [3.63, 3.8) is 0 Å². The molecule has 8 nitrogen and oxygen atoms in total. The maximum Gasteiger partial charge on any atom is 0.241 e. The van der Waals surface area contributed by atoms with E-state index in [1.807, 2.05) is 29.2 Å². The Morgan fingerprint density at radius 3 is 2.29 bits per heavy atom. The molecule has 2 aliphatic heterocycles. The number of anilines is 1. The number of nitrogens with zero attached hydrogens (tertiary/aromatic N) is 5. The van der Waals surface area contributed by atoms with Crippen molar-refractivity contribution in [1.29, 1.82) is 0 Å². The smallest absolute Gasteiger partial charge is 0.241 e. The number of rotatable bonds is 3. The molecule has 148 valence electrons. The van der Waals surface area contributed by atoms with E-state index in [4.69, 9.17) is 0 Å². The van der Waals surface area contributed by atoms with Crippen LogP contribution in [0.1, 0.15) is 11.1 Å². The van der Waals surface area contributed by atoms with Gasteiger partial charge < -0.3 is 9.80 Å². The number of carbonyl (C=O) groups excluding carboxylic acids is 1. The SMILES string of the molecule is CS(=O)(=O)N1Cc2ccccc2CC1C(=O)N1CCN(c2ncccn2)CC1. The number of aromatic nitrogens is 2. The Hall–Kier alpha value is -2.52. The first-order chi connectivity index (χ1) is 13.4. The van der Waals surface area contributed by atoms with Gasteiger partial charge in [-0.1, -0.05) is 24.3 Å². The van der Waals surface area contributed by atoms with Gasteiger partial charge in [0.1, 0.15) is 6.04 Å². The quantitative estimate of drug-likeness (QED) is 0.745. The first kappa shape index (κ1) is 18.8. The lowest BCUT2D eigenvalue weighted by molar-refractivity contribution is -0.136. The van der Waals surface area contributed by atoms with Gasteiger partial charge in [0, 0.05) is 45.1 Å². The van der Waals surface area contributed by atoms with Crippen LogP contribution >= 0.6 is 0 Å². The molecule has 0 radical (unpaired) electrons. The molecule has 2 aromatic rings. The summed E-state index contributed by atoms with van der Waals surface area (Å²) in [6.07, 6.45) is 4.97. The van der Waals surface area contributed by atoms with E-state index in [-0.39, 0.29) is 12.5 Å². The van der Waals surface area contributed by atoms with E-state index in [2.05, 4.69) is 9.97 Å². The number of amides is 1. The number of benzene rings is 1. The molecule has 1 aromatic carbocycles. The van der Waals surface area contributed by atoms with Gasteiger partial charge in [-0.2, -0.15) is 4.31 Å². The molecule has 4 rings (SSSR count). The highest BCUT2D eigenvalue weighted by Crippen LogP contribution is 2.27. The van der Waals surface area contributed by atoms with Crippen LogP contribution in [0.4, 0.5) is 5.95 Å². The molecule has 1 aromatic heterocycles. The van der Waals surface area contributed by atoms with E-state index in [0.29, 0.717) is 38.5 Å². The van der Waals surface area contributed by atoms with Gasteiger partial charge in [0.25, 0.3) is 0 Å². The molecular formula is C19H23N5O3S. The molecule has 1 saturated heterocycles. The maximum atomic E-state index is 13.2. The molecule has 0 saturated carbocycles. The standard InChI is InChI=1S/C19H23N5O3S/c1-28(26,27)24-14-16-6-3-2-5-15(16)13-17(24)18(25)22-9-11-23(12-10-22)19-20-7-4-8-21-19/h2-8,17H,9-14H2,1H3. The minimum absolute atomic E-state index is 0.131. The predicted octanol–water partition coefficient (Wildman–Crippen LogP) is 0.512. The van der Waals surface area contributed by atoms with Crippen LogP contribution in [0.15, 0.2) is 42.7 Å². The fourth-order valence-corrected chi connectivity index (χ4v) is 4.85. The number of carbonyl (C=O) groups is 1. The van der Waals surface area contributed by atoms with Gasteiger partial charge in [0.2, 0.25) is 21.9 Å². The lowest BCUT2D eigenvalue weighted by Gasteiger charge is -2.40. The zero-order valence-corrected chi connectivity index (χ0v) is 16.5. The topological polar surface area (TPSA) is 86.7 Å². The van der Waals surface area contributed by atoms with Crippen LogP contribution < -0.4 is 4.90 Å². The van der Waals surface area contributed by atoms with Crippen molar-refractivity contribution in [2.24, 2.45) is 0 Å². The fraction of sp³-hybridized carbons (Fsp3) is 0.421. The molecular weight excluding hydrogens is 378 g/mol. The maximum absolute atomic E-state index is 13.2. The van der Waals surface area contributed by atoms with Crippen molar-refractivity contribution in [2.75, 3.05) is 37.3 Å². The molecule has 1 unspecified atom stereocenters. The molecule has 0 aliphatic carbocycles. The Morgan fingerprint density at radius 2 is 1.64 bits per heavy atom. The first-order valence-electron chi connectivity index (χ1n) is 9.28. The van der Waals surface area contributed by atoms with Gasteiger partial charge in [-0.15, -0.1) is 0 Å². The summed E-state index contributed by atoms with van der Waals surface area (Å²) in [5.74, 6) is 0.521. The largest absolute Gasteiger partial charge is 0.338 e. The van der Waals surface area contributed by atoms with Crippen LogP contribution in [0.25, 0.3) is 0 Å². The number of hydrogen-bond donors (Lipinski definition) is 0. The van der Waals surface area contributed by atoms with Crippen molar-refractivity contribution in [2.45, 2.75) is 19.0 Å². The normalized spacial score (nSPS) is 20.7. The molecule has 1 fully saturated rings. The molecule has 1 atom stereocenters. The highest BCUT2D eigenvalue weighted by Gasteiger charge is 2.39. The van der Waals surface area contributed by atoms with Crippen LogP contribution in [0.5, 0.6) is 0 Å². The number of hydrogen-bond acceptors (Lipinski definition) is 6. The second-order valence-electron chi connectivity index (χ2n) is 7.16. The Kier molecular flexibility index (Phi) is 5.03. The van der Waals surface area contributed by atoms with Crippen LogP contribution in [0, 0.1) is 0 Å². The molecule has 3 heterocycles. The molecule has 28 heavy (non-hydrogen) atoms. The summed E-state index contributed by atoms with van der Waals surface area (Å²) in [6.45, 7) is 2.53. The summed E-state index contributed by atoms with van der Waals surface area (Å²) in [5, 5.41) is 0. The summed E-state index contributed by atoms with van der Waals surface area (Å²) in [7, 11) is -3.50. The average molecular weight is 401 g/mol. The highest BCUT2D eigenvalue weighted by atomic mass is 32.2. The van der Waals surface area contributed by atoms with Crippen molar-refractivity contribution < 1.29 is 13.2 Å². The number of sulfonamides is 1. The van der Waals surface area contributed by atoms with Crippen molar-refractivity contribution in [1.82, 2.24) is 19.2 Å². The summed E-state index contributed by atoms with van der Waals surface area (Å²) < 4.78 is 26.1. The van der Waals surface area contributed by atoms with E-state index in [1.54, 1.807) is 23.4 Å². The average Bonchev–Trinajstić information content (AvgIpc) is 2.72. The Bertz CT molecular complexity index is 959. The van der Waals surface area contributed by atoms with Gasteiger partial charge in [-0.05, 0) is 23.6 Å². The van der Waals surface area contributed by atoms with Gasteiger partial charge in [-0.25, -0.2) is 18.4 Å². The fourth-order valence-electron chi connectivity index (χ4n) is 3.85. The molecule has 0 N–H and O–H groups in total. The van der Waals surface area contributed by atoms with E-state index >= 15 is 0 Å². The zero-order chi connectivity index (χ0) is 19.7. The first-order valence-corrected chi connectivity index (χ1v) is 11.1. The lowest BCUT2D eigenvalue weighted by Crippen LogP contribution is -2.57. The van der Waals surface area contributed by atoms with Crippen molar-refractivity contribution in [3.8, 4) is 0 Å². The van der Waals surface area contributed by atoms with Crippen LogP contribution in [0.2, 0.25) is 0 Å². The minimum atomic E-state index is -3.50. The third kappa shape index (κ3) is 3.72. The molecule has 0 bridgehead atoms. The zero-order valence-electron chi connectivity index (χ0n) is 15.7. The number of piperazine rings is 1. The van der Waals surface area contributed by atoms with Gasteiger partial charge >= 0.3 is 0 Å². The van der Waals surface area contributed by atoms with Crippen LogP contribution in [-0.4, -0.2) is 72.0 Å². The van der Waals surface area contributed by atoms with E-state index < -0.39 is 16.1 Å². The second-order valence-corrected chi connectivity index (χ2v) is 9.09. The van der Waals surface area contributed by atoms with Gasteiger partial charge in [0.05, 0.1) is 6.26 Å². The monoisotopic (exact) mass is 401 g/mol. The Labute approximate surface area is 164 Å². The number of fused-ring (bicyclic) bond motifs is 1. The minimum Gasteiger partial charge on any atom is -0.338 e. The summed E-state index contributed by atoms with van der Waals surface area (Å²) >= 11 is 0. The van der Waals surface area contributed by atoms with E-state index in [9.17, 15) is 13.2 Å². The van der Waals surface area contributed by atoms with E-state index in [1.165, 1.54) is 10.6 Å². The van der Waals surface area contributed by atoms with E-state index in [0.717, 1.165) is 11.1 Å². The molecule has 9 heteroatoms. The summed E-state index contributed by atoms with van der Waals surface area (Å²) in [4.78, 5) is 25.5. The highest BCUT2D eigenvalue weighted by molar-refractivity contribution is 7.88. The lowest BCUT2D eigenvalue weighted by atomic mass is 9.95. The third-order valence-electron chi connectivity index (χ3n) is 5.34. The van der Waals surface area contributed by atoms with Crippen LogP contribution in [-0.2, 0) is 27.8 Å². The van der Waals surface area contributed by atoms with Gasteiger partial charge in [-0.3, -0.25) is 4.79 Å². The van der Waals surface area contributed by atoms with Crippen LogP contribution in [0.3, 0.4) is 0 Å².